The van der Waals surface area contributed by atoms with Crippen LogP contribution in [0.4, 0.5) is 0 Å². The lowest BCUT2D eigenvalue weighted by Crippen LogP contribution is -2.31. The summed E-state index contributed by atoms with van der Waals surface area (Å²) in [5.41, 5.74) is 4.44. The maximum Gasteiger partial charge on any atom is 0.295 e. The van der Waals surface area contributed by atoms with Crippen LogP contribution in [0.25, 0.3) is 16.7 Å². The van der Waals surface area contributed by atoms with Gasteiger partial charge in [0.2, 0.25) is 0 Å². The second kappa shape index (κ2) is 9.14. The average Bonchev–Trinajstić information content (AvgIpc) is 3.40. The van der Waals surface area contributed by atoms with E-state index < -0.39 is 17.7 Å². The number of benzene rings is 3. The fourth-order valence-corrected chi connectivity index (χ4v) is 4.69. The van der Waals surface area contributed by atoms with E-state index in [1.165, 1.54) is 0 Å². The number of nitrogens with zero attached hydrogens (tertiary/aromatic N) is 1. The molecule has 0 spiro atoms. The summed E-state index contributed by atoms with van der Waals surface area (Å²) in [6.45, 7) is 2.27. The number of ether oxygens (including phenoxy) is 1. The highest BCUT2D eigenvalue weighted by atomic mass is 16.5. The summed E-state index contributed by atoms with van der Waals surface area (Å²) >= 11 is 0. The van der Waals surface area contributed by atoms with Crippen molar-refractivity contribution in [3.8, 4) is 5.75 Å². The number of aromatic amines is 1. The Balaban J connectivity index is 1.54. The Hall–Kier alpha value is -4.32. The number of hydrogen-bond donors (Lipinski definition) is 2. The van der Waals surface area contributed by atoms with Gasteiger partial charge in [0.05, 0.1) is 18.7 Å². The van der Waals surface area contributed by atoms with Gasteiger partial charge in [0.1, 0.15) is 11.5 Å². The van der Waals surface area contributed by atoms with E-state index in [-0.39, 0.29) is 11.3 Å². The quantitative estimate of drug-likeness (QED) is 0.234. The Morgan fingerprint density at radius 2 is 1.77 bits per heavy atom. The van der Waals surface area contributed by atoms with E-state index in [1.54, 1.807) is 24.1 Å². The van der Waals surface area contributed by atoms with Gasteiger partial charge in [0.25, 0.3) is 11.7 Å². The molecular formula is C29H26N2O4. The first-order chi connectivity index (χ1) is 17.0. The molecule has 0 radical (unpaired) electrons. The Morgan fingerprint density at radius 1 is 1.03 bits per heavy atom. The minimum Gasteiger partial charge on any atom is -0.507 e. The molecule has 176 valence electrons. The molecule has 6 nitrogen and oxygen atoms in total. The topological polar surface area (TPSA) is 82.6 Å². The van der Waals surface area contributed by atoms with Crippen molar-refractivity contribution >= 4 is 28.4 Å². The van der Waals surface area contributed by atoms with E-state index in [0.29, 0.717) is 18.5 Å². The molecule has 1 saturated heterocycles. The molecule has 1 atom stereocenters. The van der Waals surface area contributed by atoms with Crippen LogP contribution in [0.15, 0.2) is 84.6 Å². The fraction of sp³-hybridized carbons (Fsp3) is 0.172. The summed E-state index contributed by atoms with van der Waals surface area (Å²) in [5, 5.41) is 12.2. The Labute approximate surface area is 203 Å². The van der Waals surface area contributed by atoms with Crippen molar-refractivity contribution in [3.05, 3.63) is 107 Å². The van der Waals surface area contributed by atoms with E-state index >= 15 is 0 Å². The molecule has 6 heteroatoms. The fourth-order valence-electron chi connectivity index (χ4n) is 4.69. The zero-order valence-corrected chi connectivity index (χ0v) is 19.6. The molecule has 0 bridgehead atoms. The number of hydrogen-bond acceptors (Lipinski definition) is 4. The molecule has 1 aliphatic rings. The largest absolute Gasteiger partial charge is 0.507 e. The normalized spacial score (nSPS) is 17.3. The van der Waals surface area contributed by atoms with E-state index in [0.717, 1.165) is 33.3 Å². The maximum atomic E-state index is 13.2. The molecule has 5 rings (SSSR count). The lowest BCUT2D eigenvalue weighted by molar-refractivity contribution is -0.139. The number of ketones is 1. The molecule has 0 unspecified atom stereocenters. The van der Waals surface area contributed by atoms with Gasteiger partial charge in [0, 0.05) is 29.2 Å². The van der Waals surface area contributed by atoms with Crippen LogP contribution in [0.3, 0.4) is 0 Å². The number of carbonyl (C=O) groups excluding carboxylic acids is 2. The Kier molecular flexibility index (Phi) is 5.87. The molecule has 1 fully saturated rings. The lowest BCUT2D eigenvalue weighted by Gasteiger charge is -2.25. The van der Waals surface area contributed by atoms with Crippen molar-refractivity contribution in [2.45, 2.75) is 19.4 Å². The maximum absolute atomic E-state index is 13.2. The van der Waals surface area contributed by atoms with Crippen LogP contribution in [0.1, 0.15) is 28.3 Å². The second-order valence-corrected chi connectivity index (χ2v) is 8.74. The molecule has 4 aromatic rings. The van der Waals surface area contributed by atoms with Gasteiger partial charge in [-0.2, -0.15) is 0 Å². The van der Waals surface area contributed by atoms with Crippen LogP contribution in [0.2, 0.25) is 0 Å². The van der Waals surface area contributed by atoms with Gasteiger partial charge in [-0.05, 0) is 42.7 Å². The van der Waals surface area contributed by atoms with Crippen LogP contribution in [-0.2, 0) is 16.0 Å². The van der Waals surface area contributed by atoms with Crippen molar-refractivity contribution in [2.75, 3.05) is 13.7 Å². The number of nitrogens with one attached hydrogen (secondary N) is 1. The Bertz CT molecular complexity index is 1430. The van der Waals surface area contributed by atoms with Crippen molar-refractivity contribution in [2.24, 2.45) is 0 Å². The van der Waals surface area contributed by atoms with E-state index in [2.05, 4.69) is 4.98 Å². The average molecular weight is 467 g/mol. The number of aromatic nitrogens is 1. The summed E-state index contributed by atoms with van der Waals surface area (Å²) in [6, 6.07) is 21.8. The van der Waals surface area contributed by atoms with Crippen molar-refractivity contribution in [1.82, 2.24) is 9.88 Å². The summed E-state index contributed by atoms with van der Waals surface area (Å²) in [6.07, 6.45) is 2.46. The summed E-state index contributed by atoms with van der Waals surface area (Å²) in [7, 11) is 1.63. The summed E-state index contributed by atoms with van der Waals surface area (Å²) < 4.78 is 5.36. The highest BCUT2D eigenvalue weighted by molar-refractivity contribution is 6.46. The highest BCUT2D eigenvalue weighted by Crippen LogP contribution is 2.39. The SMILES string of the molecule is COc1ccc2[nH]cc(CCN3C(=O)C(=O)C(=C(O)c4ccc(C)cc4)[C@@H]3c3ccccc3)c2c1. The number of amides is 1. The van der Waals surface area contributed by atoms with Gasteiger partial charge in [-0.15, -0.1) is 0 Å². The number of aliphatic hydroxyl groups is 1. The molecular weight excluding hydrogens is 440 g/mol. The first-order valence-corrected chi connectivity index (χ1v) is 11.5. The third kappa shape index (κ3) is 4.08. The van der Waals surface area contributed by atoms with Crippen LogP contribution in [0, 0.1) is 6.92 Å². The van der Waals surface area contributed by atoms with E-state index in [1.807, 2.05) is 73.8 Å². The van der Waals surface area contributed by atoms with E-state index in [4.69, 9.17) is 4.74 Å². The number of fused-ring (bicyclic) bond motifs is 1. The van der Waals surface area contributed by atoms with Gasteiger partial charge in [-0.3, -0.25) is 9.59 Å². The van der Waals surface area contributed by atoms with Crippen molar-refractivity contribution in [1.29, 1.82) is 0 Å². The molecule has 1 aromatic heterocycles. The summed E-state index contributed by atoms with van der Waals surface area (Å²) in [5.74, 6) is -0.680. The zero-order chi connectivity index (χ0) is 24.5. The number of likely N-dealkylation sites (tertiary alicyclic amines) is 1. The van der Waals surface area contributed by atoms with Gasteiger partial charge in [-0.25, -0.2) is 0 Å². The van der Waals surface area contributed by atoms with Gasteiger partial charge < -0.3 is 19.7 Å². The lowest BCUT2D eigenvalue weighted by atomic mass is 9.95. The number of Topliss-reactive ketones (excluding diaryl/α,β-unsaturated/α-hetero) is 1. The van der Waals surface area contributed by atoms with Gasteiger partial charge in [-0.1, -0.05) is 60.2 Å². The Morgan fingerprint density at radius 3 is 2.49 bits per heavy atom. The monoisotopic (exact) mass is 466 g/mol. The molecule has 1 aliphatic heterocycles. The molecule has 2 heterocycles. The van der Waals surface area contributed by atoms with E-state index in [9.17, 15) is 14.7 Å². The first-order valence-electron chi connectivity index (χ1n) is 11.5. The molecule has 0 saturated carbocycles. The molecule has 2 N–H and O–H groups in total. The number of methoxy groups -OCH3 is 1. The molecule has 1 amide bonds. The number of aryl methyl sites for hydroxylation is 1. The smallest absolute Gasteiger partial charge is 0.295 e. The molecule has 0 aliphatic carbocycles. The molecule has 3 aromatic carbocycles. The van der Waals surface area contributed by atoms with Crippen molar-refractivity contribution < 1.29 is 19.4 Å². The van der Waals surface area contributed by atoms with Gasteiger partial charge in [0.15, 0.2) is 0 Å². The van der Waals surface area contributed by atoms with Crippen LogP contribution >= 0.6 is 0 Å². The minimum absolute atomic E-state index is 0.116. The van der Waals surface area contributed by atoms with Crippen LogP contribution in [0.5, 0.6) is 5.75 Å². The van der Waals surface area contributed by atoms with Crippen LogP contribution < -0.4 is 4.74 Å². The molecule has 35 heavy (non-hydrogen) atoms. The third-order valence-corrected chi connectivity index (χ3v) is 6.58. The van der Waals surface area contributed by atoms with Crippen LogP contribution in [-0.4, -0.2) is 40.3 Å². The predicted molar refractivity (Wildman–Crippen MR) is 135 cm³/mol. The standard InChI is InChI=1S/C29H26N2O4/c1-18-8-10-20(11-9-18)27(32)25-26(19-6-4-3-5-7-19)31(29(34)28(25)33)15-14-21-17-30-24-13-12-22(35-2)16-23(21)24/h3-13,16-17,26,30,32H,14-15H2,1-2H3/t26-/m0/s1. The third-order valence-electron chi connectivity index (χ3n) is 6.58. The zero-order valence-electron chi connectivity index (χ0n) is 19.6. The second-order valence-electron chi connectivity index (χ2n) is 8.74. The predicted octanol–water partition coefficient (Wildman–Crippen LogP) is 5.15. The number of rotatable bonds is 6. The first kappa shape index (κ1) is 22.5. The summed E-state index contributed by atoms with van der Waals surface area (Å²) in [4.78, 5) is 31.2. The highest BCUT2D eigenvalue weighted by Gasteiger charge is 2.45. The number of aliphatic hydroxyl groups excluding tert-OH is 1. The minimum atomic E-state index is -0.669. The van der Waals surface area contributed by atoms with Crippen molar-refractivity contribution in [3.63, 3.8) is 0 Å². The number of carbonyl (C=O) groups is 2. The number of H-pyrrole nitrogens is 1. The van der Waals surface area contributed by atoms with Gasteiger partial charge >= 0.3 is 0 Å².